The molecule has 0 fully saturated rings. The topological polar surface area (TPSA) is 135 Å². The van der Waals surface area contributed by atoms with Crippen LogP contribution in [-0.2, 0) is 63.2 Å². The largest absolute Gasteiger partial charge is 2.00 e. The predicted octanol–water partition coefficient (Wildman–Crippen LogP) is 24.6. The van der Waals surface area contributed by atoms with E-state index in [-0.39, 0.29) is 63.2 Å². The number of hydrogen-bond donors (Lipinski definition) is 0. The number of ether oxygens (including phenoxy) is 3. The van der Waals surface area contributed by atoms with Crippen molar-refractivity contribution in [2.45, 2.75) is 0 Å². The van der Waals surface area contributed by atoms with Gasteiger partial charge in [0.25, 0.3) is 0 Å². The Bertz CT molecular complexity index is 6980. The van der Waals surface area contributed by atoms with Crippen LogP contribution in [0.4, 0.5) is 0 Å². The van der Waals surface area contributed by atoms with Gasteiger partial charge in [0.1, 0.15) is 23.0 Å². The van der Waals surface area contributed by atoms with Gasteiger partial charge in [-0.2, -0.15) is 63.0 Å². The standard InChI is InChI=1S/3C30H16N4OS2.3Pt/c1-2-9-25-22(8-1)23-12-11-21(17-26(23)33(25)28-10-3-4-14-31-28)35-20-7-5-6-19(16-20)34-29-24-13-15-36-30(24)37-27(29)18-32-34;1-2-9-24-22(8-1)23-12-11-21(17-25(23)33(24)28-10-3-4-14-31-28)35-20-7-5-6-19(16-20)34-29-27(18-32-34)37-26-13-15-36-30(26)29;1-2-9-25-22(8-1)23-12-11-21(15-26(23)33(25)29-10-3-4-13-31-29)35-20-7-5-6-19(14-20)34-30-24-17-36-18-28(24)37-27(30)16-32-34;;;/h2*1-15,18H;1-13,16-18H;;;/q3*-2;3*+2. The van der Waals surface area contributed by atoms with E-state index in [4.69, 9.17) is 14.2 Å². The molecule has 0 radical (unpaired) electrons. The number of rotatable bonds is 12. The van der Waals surface area contributed by atoms with Crippen molar-refractivity contribution in [1.29, 1.82) is 0 Å². The van der Waals surface area contributed by atoms with Crippen LogP contribution in [0.5, 0.6) is 34.5 Å². The molecular weight excluding hydrogens is 2070 g/mol. The zero-order chi connectivity index (χ0) is 73.0. The molecule has 0 bridgehead atoms. The van der Waals surface area contributed by atoms with E-state index in [0.717, 1.165) is 116 Å². The predicted molar refractivity (Wildman–Crippen MR) is 452 cm³/mol. The van der Waals surface area contributed by atoms with E-state index in [1.165, 1.54) is 43.0 Å². The van der Waals surface area contributed by atoms with E-state index in [0.29, 0.717) is 34.5 Å². The van der Waals surface area contributed by atoms with Gasteiger partial charge in [-0.1, -0.05) is 89.3 Å². The van der Waals surface area contributed by atoms with Gasteiger partial charge >= 0.3 is 63.2 Å². The molecule has 0 saturated heterocycles. The molecule has 0 unspecified atom stereocenters. The minimum atomic E-state index is 0. The molecule has 24 heteroatoms. The third kappa shape index (κ3) is 12.8. The molecule has 24 rings (SSSR count). The van der Waals surface area contributed by atoms with E-state index in [1.54, 1.807) is 86.6 Å². The molecule has 0 amide bonds. The van der Waals surface area contributed by atoms with Crippen LogP contribution in [0.15, 0.2) is 289 Å². The summed E-state index contributed by atoms with van der Waals surface area (Å²) in [5.41, 5.74) is 11.8. The van der Waals surface area contributed by atoms with E-state index < -0.39 is 0 Å². The minimum absolute atomic E-state index is 0. The first kappa shape index (κ1) is 72.9. The van der Waals surface area contributed by atoms with Gasteiger partial charge in [0, 0.05) is 101 Å². The Labute approximate surface area is 715 Å². The van der Waals surface area contributed by atoms with Crippen LogP contribution in [0.25, 0.3) is 159 Å². The van der Waals surface area contributed by atoms with Gasteiger partial charge in [-0.05, 0) is 111 Å². The fraction of sp³-hybridized carbons (Fsp3) is 0. The van der Waals surface area contributed by atoms with E-state index >= 15 is 0 Å². The van der Waals surface area contributed by atoms with Crippen molar-refractivity contribution in [3.8, 4) is 69.0 Å². The van der Waals surface area contributed by atoms with Crippen LogP contribution in [0, 0.1) is 36.4 Å². The van der Waals surface area contributed by atoms with Crippen molar-refractivity contribution in [3.05, 3.63) is 326 Å². The number of para-hydroxylation sites is 3. The Morgan fingerprint density at radius 1 is 0.289 bits per heavy atom. The number of aromatic nitrogens is 12. The van der Waals surface area contributed by atoms with E-state index in [2.05, 4.69) is 187 Å². The van der Waals surface area contributed by atoms with Crippen LogP contribution in [0.2, 0.25) is 0 Å². The van der Waals surface area contributed by atoms with Crippen molar-refractivity contribution in [3.63, 3.8) is 0 Å². The molecule has 24 aromatic rings. The average molecular weight is 2120 g/mol. The molecule has 0 saturated carbocycles. The first-order valence-electron chi connectivity index (χ1n) is 35.2. The summed E-state index contributed by atoms with van der Waals surface area (Å²) in [6.07, 6.45) is 11.2. The maximum Gasteiger partial charge on any atom is 2.00 e. The molecule has 552 valence electrons. The molecule has 9 aromatic carbocycles. The van der Waals surface area contributed by atoms with Gasteiger partial charge in [0.2, 0.25) is 0 Å². The fourth-order valence-corrected chi connectivity index (χ4v) is 21.0. The summed E-state index contributed by atoms with van der Waals surface area (Å²) >= 11 is 10.5. The van der Waals surface area contributed by atoms with Crippen molar-refractivity contribution in [2.24, 2.45) is 0 Å². The van der Waals surface area contributed by atoms with E-state index in [1.807, 2.05) is 178 Å². The third-order valence-electron chi connectivity index (χ3n) is 19.4. The summed E-state index contributed by atoms with van der Waals surface area (Å²) in [6.45, 7) is 0. The summed E-state index contributed by atoms with van der Waals surface area (Å²) in [6, 6.07) is 97.5. The summed E-state index contributed by atoms with van der Waals surface area (Å²) in [5, 5.41) is 31.7. The van der Waals surface area contributed by atoms with Gasteiger partial charge in [-0.25, -0.2) is 15.0 Å². The Balaban J connectivity index is 0.000000113. The van der Waals surface area contributed by atoms with Crippen LogP contribution in [0.1, 0.15) is 0 Å². The van der Waals surface area contributed by atoms with Gasteiger partial charge in [0.05, 0.1) is 52.4 Å². The van der Waals surface area contributed by atoms with Crippen LogP contribution >= 0.6 is 68.0 Å². The minimum Gasteiger partial charge on any atom is -0.509 e. The third-order valence-corrected chi connectivity index (χ3v) is 25.6. The van der Waals surface area contributed by atoms with E-state index in [9.17, 15) is 0 Å². The smallest absolute Gasteiger partial charge is 0.509 e. The number of benzene rings is 9. The molecule has 0 aliphatic heterocycles. The molecule has 0 aliphatic rings. The number of thiophene rings is 6. The number of nitrogens with zero attached hydrogens (tertiary/aromatic N) is 12. The number of hydrogen-bond acceptors (Lipinski definition) is 15. The summed E-state index contributed by atoms with van der Waals surface area (Å²) in [5.74, 6) is 6.18. The molecular formula is C90H48N12O3Pt3S6. The van der Waals surface area contributed by atoms with Crippen molar-refractivity contribution >= 4 is 193 Å². The Morgan fingerprint density at radius 3 is 1.14 bits per heavy atom. The molecule has 0 aliphatic carbocycles. The molecule has 0 N–H and O–H groups in total. The van der Waals surface area contributed by atoms with Gasteiger partial charge in [0.15, 0.2) is 0 Å². The van der Waals surface area contributed by atoms with Crippen LogP contribution < -0.4 is 14.2 Å². The molecule has 114 heavy (non-hydrogen) atoms. The second-order valence-electron chi connectivity index (χ2n) is 25.9. The van der Waals surface area contributed by atoms with Gasteiger partial charge in [-0.3, -0.25) is 14.0 Å². The first-order chi connectivity index (χ1) is 55.0. The summed E-state index contributed by atoms with van der Waals surface area (Å²) in [4.78, 5) is 13.8. The zero-order valence-corrected chi connectivity index (χ0v) is 70.4. The summed E-state index contributed by atoms with van der Waals surface area (Å²) < 4.78 is 39.7. The Hall–Kier alpha value is -11.3. The first-order valence-corrected chi connectivity index (χ1v) is 40.4. The van der Waals surface area contributed by atoms with Crippen molar-refractivity contribution in [2.75, 3.05) is 0 Å². The normalized spacial score (nSPS) is 11.5. The van der Waals surface area contributed by atoms with Crippen LogP contribution in [0.3, 0.4) is 0 Å². The molecule has 15 heterocycles. The SMILES string of the molecule is [Pt+2].[Pt+2].[Pt+2].[c-]1c(Oc2[c-]c3c(cc2)c2ccccc2n3-c2ccccn2)cccc1-n1ncc2sc3ccsc3c21.[c-]1c(Oc2[c-]c3c(cc2)c2ccccc2n3-c2ccccn2)cccc1-n1ncc2sc3cscc3c21.[c-]1c(Oc2[c-]c3c(cc2)c2ccccc2n3-c2ccccn2)cccc1-n1ncc2sc3sccc3c21. The van der Waals surface area contributed by atoms with Gasteiger partial charge in [-0.15, -0.1) is 164 Å². The molecule has 15 aromatic heterocycles. The number of fused-ring (bicyclic) bond motifs is 18. The maximum absolute atomic E-state index is 6.30. The van der Waals surface area contributed by atoms with Gasteiger partial charge < -0.3 is 27.9 Å². The molecule has 0 spiro atoms. The zero-order valence-electron chi connectivity index (χ0n) is 58.7. The molecule has 0 atom stereocenters. The fourth-order valence-electron chi connectivity index (χ4n) is 14.6. The van der Waals surface area contributed by atoms with Crippen molar-refractivity contribution < 1.29 is 77.4 Å². The maximum atomic E-state index is 6.30. The monoisotopic (exact) mass is 2120 g/mol. The summed E-state index contributed by atoms with van der Waals surface area (Å²) in [7, 11) is 0. The Morgan fingerprint density at radius 2 is 0.684 bits per heavy atom. The Kier molecular flexibility index (Phi) is 19.5. The number of pyridine rings is 3. The molecule has 15 nitrogen and oxygen atoms in total. The quantitative estimate of drug-likeness (QED) is 0.110. The van der Waals surface area contributed by atoms with Crippen LogP contribution in [-0.4, -0.2) is 58.0 Å². The van der Waals surface area contributed by atoms with Crippen molar-refractivity contribution in [1.82, 2.24) is 58.0 Å². The average Bonchev–Trinajstić information content (AvgIpc) is 1.62. The second-order valence-corrected chi connectivity index (χ2v) is 31.9. The second kappa shape index (κ2) is 30.6.